The predicted molar refractivity (Wildman–Crippen MR) is 121 cm³/mol. The maximum absolute atomic E-state index is 12.9. The molecule has 1 amide bonds. The van der Waals surface area contributed by atoms with Crippen LogP contribution in [0.2, 0.25) is 0 Å². The minimum Gasteiger partial charge on any atom is -0.356 e. The van der Waals surface area contributed by atoms with Gasteiger partial charge in [-0.1, -0.05) is 42.5 Å². The SMILES string of the molecule is O=C(NCCCc1ccc(F)cc1)C1CCCN(S(=O)(=O)CCCc2ccccc2)C1. The minimum atomic E-state index is -3.36. The average Bonchev–Trinajstić information content (AvgIpc) is 2.78. The van der Waals surface area contributed by atoms with Gasteiger partial charge in [0.05, 0.1) is 11.7 Å². The largest absolute Gasteiger partial charge is 0.356 e. The Morgan fingerprint density at radius 3 is 2.42 bits per heavy atom. The molecule has 1 N–H and O–H groups in total. The van der Waals surface area contributed by atoms with E-state index >= 15 is 0 Å². The Morgan fingerprint density at radius 1 is 1.00 bits per heavy atom. The van der Waals surface area contributed by atoms with Crippen molar-refractivity contribution in [3.8, 4) is 0 Å². The highest BCUT2D eigenvalue weighted by Gasteiger charge is 2.31. The molecule has 0 aromatic heterocycles. The standard InChI is InChI=1S/C24H31FN2O3S/c25-23-14-12-21(13-15-23)9-4-16-26-24(28)22-11-5-17-27(19-22)31(29,30)18-6-10-20-7-2-1-3-8-20/h1-3,7-8,12-15,22H,4-6,9-11,16-19H2,(H,26,28). The van der Waals surface area contributed by atoms with Crippen molar-refractivity contribution in [3.05, 3.63) is 71.5 Å². The van der Waals surface area contributed by atoms with Gasteiger partial charge in [0.1, 0.15) is 5.82 Å². The van der Waals surface area contributed by atoms with Crippen molar-refractivity contribution in [2.75, 3.05) is 25.4 Å². The number of hydrogen-bond donors (Lipinski definition) is 1. The number of piperidine rings is 1. The quantitative estimate of drug-likeness (QED) is 0.568. The van der Waals surface area contributed by atoms with Gasteiger partial charge in [-0.3, -0.25) is 4.79 Å². The summed E-state index contributed by atoms with van der Waals surface area (Å²) < 4.78 is 39.9. The van der Waals surface area contributed by atoms with Crippen molar-refractivity contribution < 1.29 is 17.6 Å². The molecule has 1 heterocycles. The van der Waals surface area contributed by atoms with Crippen LogP contribution in [-0.2, 0) is 27.7 Å². The molecule has 3 rings (SSSR count). The molecule has 7 heteroatoms. The van der Waals surface area contributed by atoms with E-state index in [2.05, 4.69) is 5.32 Å². The number of nitrogens with one attached hydrogen (secondary N) is 1. The van der Waals surface area contributed by atoms with E-state index in [-0.39, 0.29) is 29.9 Å². The van der Waals surface area contributed by atoms with Crippen molar-refractivity contribution in [1.29, 1.82) is 0 Å². The second-order valence-electron chi connectivity index (χ2n) is 8.12. The summed E-state index contributed by atoms with van der Waals surface area (Å²) in [5, 5.41) is 2.94. The lowest BCUT2D eigenvalue weighted by Crippen LogP contribution is -2.46. The highest BCUT2D eigenvalue weighted by atomic mass is 32.2. The molecule has 1 aliphatic heterocycles. The number of rotatable bonds is 10. The first-order chi connectivity index (χ1) is 14.9. The van der Waals surface area contributed by atoms with Gasteiger partial charge in [0.2, 0.25) is 15.9 Å². The number of halogens is 1. The lowest BCUT2D eigenvalue weighted by Gasteiger charge is -2.31. The number of carbonyl (C=O) groups excluding carboxylic acids is 1. The molecule has 1 atom stereocenters. The fraction of sp³-hybridized carbons (Fsp3) is 0.458. The Hall–Kier alpha value is -2.25. The Kier molecular flexibility index (Phi) is 8.60. The second kappa shape index (κ2) is 11.4. The van der Waals surface area contributed by atoms with Crippen molar-refractivity contribution in [3.63, 3.8) is 0 Å². The van der Waals surface area contributed by atoms with E-state index in [1.165, 1.54) is 16.4 Å². The normalized spacial score (nSPS) is 17.4. The van der Waals surface area contributed by atoms with Gasteiger partial charge in [-0.15, -0.1) is 0 Å². The molecule has 5 nitrogen and oxygen atoms in total. The van der Waals surface area contributed by atoms with Crippen LogP contribution >= 0.6 is 0 Å². The van der Waals surface area contributed by atoms with Crippen LogP contribution in [0.15, 0.2) is 54.6 Å². The van der Waals surface area contributed by atoms with E-state index in [9.17, 15) is 17.6 Å². The van der Waals surface area contributed by atoms with Gasteiger partial charge in [-0.2, -0.15) is 0 Å². The van der Waals surface area contributed by atoms with Gasteiger partial charge in [-0.05, 0) is 61.8 Å². The number of hydrogen-bond acceptors (Lipinski definition) is 3. The molecule has 1 aliphatic rings. The Labute approximate surface area is 184 Å². The third-order valence-electron chi connectivity index (χ3n) is 5.71. The van der Waals surface area contributed by atoms with Crippen molar-refractivity contribution >= 4 is 15.9 Å². The number of carbonyl (C=O) groups is 1. The number of benzene rings is 2. The molecule has 168 valence electrons. The molecule has 1 unspecified atom stereocenters. The first-order valence-electron chi connectivity index (χ1n) is 11.0. The van der Waals surface area contributed by atoms with E-state index in [1.807, 2.05) is 30.3 Å². The van der Waals surface area contributed by atoms with Gasteiger partial charge in [0, 0.05) is 19.6 Å². The monoisotopic (exact) mass is 446 g/mol. The molecule has 0 saturated carbocycles. The van der Waals surface area contributed by atoms with Gasteiger partial charge >= 0.3 is 0 Å². The number of aryl methyl sites for hydroxylation is 2. The second-order valence-corrected chi connectivity index (χ2v) is 10.2. The van der Waals surface area contributed by atoms with Gasteiger partial charge in [0.25, 0.3) is 0 Å². The number of amides is 1. The zero-order valence-electron chi connectivity index (χ0n) is 17.8. The zero-order chi connectivity index (χ0) is 22.1. The molecular weight excluding hydrogens is 415 g/mol. The number of sulfonamides is 1. The summed E-state index contributed by atoms with van der Waals surface area (Å²) in [6, 6.07) is 16.2. The lowest BCUT2D eigenvalue weighted by molar-refractivity contribution is -0.126. The summed E-state index contributed by atoms with van der Waals surface area (Å²) in [6.45, 7) is 1.27. The summed E-state index contributed by atoms with van der Waals surface area (Å²) >= 11 is 0. The summed E-state index contributed by atoms with van der Waals surface area (Å²) in [7, 11) is -3.36. The van der Waals surface area contributed by atoms with Crippen molar-refractivity contribution in [2.45, 2.75) is 38.5 Å². The van der Waals surface area contributed by atoms with Crippen LogP contribution < -0.4 is 5.32 Å². The molecular formula is C24H31FN2O3S. The first kappa shape index (κ1) is 23.4. The van der Waals surface area contributed by atoms with E-state index in [4.69, 9.17) is 0 Å². The van der Waals surface area contributed by atoms with E-state index < -0.39 is 10.0 Å². The fourth-order valence-corrected chi connectivity index (χ4v) is 5.52. The van der Waals surface area contributed by atoms with Gasteiger partial charge in [0.15, 0.2) is 0 Å². The number of nitrogens with zero attached hydrogens (tertiary/aromatic N) is 1. The maximum atomic E-state index is 12.9. The Balaban J connectivity index is 1.40. The molecule has 2 aromatic rings. The highest BCUT2D eigenvalue weighted by Crippen LogP contribution is 2.20. The molecule has 0 aliphatic carbocycles. The van der Waals surface area contributed by atoms with E-state index in [1.54, 1.807) is 12.1 Å². The molecule has 1 fully saturated rings. The van der Waals surface area contributed by atoms with Crippen LogP contribution in [0.25, 0.3) is 0 Å². The van der Waals surface area contributed by atoms with Gasteiger partial charge in [-0.25, -0.2) is 17.1 Å². The van der Waals surface area contributed by atoms with Crippen LogP contribution in [0.1, 0.15) is 36.8 Å². The smallest absolute Gasteiger partial charge is 0.224 e. The van der Waals surface area contributed by atoms with Crippen LogP contribution in [0.3, 0.4) is 0 Å². The zero-order valence-corrected chi connectivity index (χ0v) is 18.6. The highest BCUT2D eigenvalue weighted by molar-refractivity contribution is 7.89. The minimum absolute atomic E-state index is 0.0803. The molecule has 0 bridgehead atoms. The Bertz CT molecular complexity index is 933. The third kappa shape index (κ3) is 7.43. The van der Waals surface area contributed by atoms with Gasteiger partial charge < -0.3 is 5.32 Å². The lowest BCUT2D eigenvalue weighted by atomic mass is 9.99. The average molecular weight is 447 g/mol. The predicted octanol–water partition coefficient (Wildman–Crippen LogP) is 3.55. The topological polar surface area (TPSA) is 66.5 Å². The summed E-state index contributed by atoms with van der Waals surface area (Å²) in [6.07, 6.45) is 4.22. The molecule has 1 saturated heterocycles. The third-order valence-corrected chi connectivity index (χ3v) is 7.64. The molecule has 0 spiro atoms. The van der Waals surface area contributed by atoms with E-state index in [0.717, 1.165) is 30.4 Å². The molecule has 0 radical (unpaired) electrons. The van der Waals surface area contributed by atoms with Crippen molar-refractivity contribution in [1.82, 2.24) is 9.62 Å². The van der Waals surface area contributed by atoms with Crippen LogP contribution in [0.5, 0.6) is 0 Å². The van der Waals surface area contributed by atoms with Crippen molar-refractivity contribution in [2.24, 2.45) is 5.92 Å². The van der Waals surface area contributed by atoms with Crippen LogP contribution in [-0.4, -0.2) is 44.0 Å². The summed E-state index contributed by atoms with van der Waals surface area (Å²) in [5.74, 6) is -0.533. The fourth-order valence-electron chi connectivity index (χ4n) is 3.94. The Morgan fingerprint density at radius 2 is 1.68 bits per heavy atom. The van der Waals surface area contributed by atoms with Crippen LogP contribution in [0.4, 0.5) is 4.39 Å². The molecule has 31 heavy (non-hydrogen) atoms. The molecule has 2 aromatic carbocycles. The summed E-state index contributed by atoms with van der Waals surface area (Å²) in [4.78, 5) is 12.5. The summed E-state index contributed by atoms with van der Waals surface area (Å²) in [5.41, 5.74) is 2.16. The van der Waals surface area contributed by atoms with Crippen LogP contribution in [0, 0.1) is 11.7 Å². The first-order valence-corrected chi connectivity index (χ1v) is 12.6. The maximum Gasteiger partial charge on any atom is 0.224 e. The van der Waals surface area contributed by atoms with E-state index in [0.29, 0.717) is 32.4 Å².